The van der Waals surface area contributed by atoms with Crippen LogP contribution in [0.2, 0.25) is 0 Å². The predicted molar refractivity (Wildman–Crippen MR) is 41.6 cm³/mol. The largest absolute Gasteiger partial charge is 0.399 e. The van der Waals surface area contributed by atoms with Gasteiger partial charge in [0, 0.05) is 18.1 Å². The molecule has 1 aromatic heterocycles. The van der Waals surface area contributed by atoms with Crippen molar-refractivity contribution in [2.75, 3.05) is 5.73 Å². The third-order valence-corrected chi connectivity index (χ3v) is 0.706. The van der Waals surface area contributed by atoms with E-state index in [4.69, 9.17) is 18.7 Å². The molecule has 0 aromatic carbocycles. The number of hydrogen-bond acceptors (Lipinski definition) is 4. The summed E-state index contributed by atoms with van der Waals surface area (Å²) in [5.74, 6) is 0. The second-order valence-corrected chi connectivity index (χ2v) is 1.99. The Morgan fingerprint density at radius 1 is 1.36 bits per heavy atom. The van der Waals surface area contributed by atoms with Crippen LogP contribution in [0.3, 0.4) is 0 Å². The number of aromatic nitrogens is 1. The van der Waals surface area contributed by atoms with E-state index >= 15 is 0 Å². The molecule has 0 saturated heterocycles. The molecule has 0 bridgehead atoms. The summed E-state index contributed by atoms with van der Waals surface area (Å²) in [6.45, 7) is 0. The van der Waals surface area contributed by atoms with Gasteiger partial charge in [0.05, 0.1) is 0 Å². The van der Waals surface area contributed by atoms with Gasteiger partial charge in [-0.2, -0.15) is 0 Å². The monoisotopic (exact) mass is 176 g/mol. The van der Waals surface area contributed by atoms with Crippen molar-refractivity contribution in [2.45, 2.75) is 0 Å². The Balaban J connectivity index is 0.000000218. The van der Waals surface area contributed by atoms with Crippen molar-refractivity contribution in [2.24, 2.45) is 0 Å². The van der Waals surface area contributed by atoms with E-state index in [9.17, 15) is 0 Å². The first-order chi connectivity index (χ1) is 5.13. The average molecular weight is 176 g/mol. The second-order valence-electron chi connectivity index (χ2n) is 1.52. The average Bonchev–Trinajstić information content (AvgIpc) is 1.87. The van der Waals surface area contributed by atoms with Gasteiger partial charge in [-0.1, -0.05) is 0 Å². The van der Waals surface area contributed by atoms with Gasteiger partial charge in [-0.3, -0.25) is 9.54 Å². The molecule has 1 heterocycles. The molecule has 0 saturated carbocycles. The van der Waals surface area contributed by atoms with E-state index in [1.54, 1.807) is 24.5 Å². The maximum Gasteiger partial charge on any atom is 0.254 e. The predicted octanol–water partition coefficient (Wildman–Crippen LogP) is -0.265. The van der Waals surface area contributed by atoms with Crippen molar-refractivity contribution in [3.8, 4) is 0 Å². The van der Waals surface area contributed by atoms with Crippen LogP contribution in [0.5, 0.6) is 0 Å². The van der Waals surface area contributed by atoms with Gasteiger partial charge in [-0.25, -0.2) is 8.42 Å². The number of nitrogen functional groups attached to an aromatic ring is 1. The first-order valence-electron chi connectivity index (χ1n) is 2.61. The highest BCUT2D eigenvalue weighted by Gasteiger charge is 1.73. The van der Waals surface area contributed by atoms with Crippen LogP contribution in [0.25, 0.3) is 0 Å². The highest BCUT2D eigenvalue weighted by Crippen LogP contribution is 1.92. The van der Waals surface area contributed by atoms with E-state index in [0.717, 1.165) is 5.69 Å². The van der Waals surface area contributed by atoms with Crippen LogP contribution in [-0.2, 0) is 11.0 Å². The maximum absolute atomic E-state index is 8.59. The van der Waals surface area contributed by atoms with E-state index in [-0.39, 0.29) is 0 Å². The SMILES string of the molecule is Nc1ccncc1.O=[SH](=O)O. The molecule has 62 valence electrons. The minimum atomic E-state index is -3.12. The Morgan fingerprint density at radius 3 is 1.91 bits per heavy atom. The number of pyridine rings is 1. The van der Waals surface area contributed by atoms with E-state index in [1.165, 1.54) is 0 Å². The molecule has 1 rings (SSSR count). The van der Waals surface area contributed by atoms with Crippen LogP contribution in [0.1, 0.15) is 0 Å². The Kier molecular flexibility index (Phi) is 5.05. The molecule has 0 amide bonds. The Morgan fingerprint density at radius 2 is 1.73 bits per heavy atom. The zero-order chi connectivity index (χ0) is 8.69. The van der Waals surface area contributed by atoms with Crippen molar-refractivity contribution in [1.82, 2.24) is 4.98 Å². The van der Waals surface area contributed by atoms with Gasteiger partial charge in [0.15, 0.2) is 0 Å². The quantitative estimate of drug-likeness (QED) is 0.374. The molecule has 0 unspecified atom stereocenters. The lowest BCUT2D eigenvalue weighted by Crippen LogP contribution is -1.81. The molecule has 0 aliphatic rings. The van der Waals surface area contributed by atoms with Crippen LogP contribution in [-0.4, -0.2) is 18.0 Å². The van der Waals surface area contributed by atoms with E-state index in [2.05, 4.69) is 4.98 Å². The molecule has 3 N–H and O–H groups in total. The summed E-state index contributed by atoms with van der Waals surface area (Å²) in [6, 6.07) is 3.50. The van der Waals surface area contributed by atoms with Gasteiger partial charge in [0.2, 0.25) is 0 Å². The van der Waals surface area contributed by atoms with Crippen LogP contribution < -0.4 is 5.73 Å². The number of hydrogen-bond donors (Lipinski definition) is 3. The highest BCUT2D eigenvalue weighted by molar-refractivity contribution is 7.66. The molecule has 0 fully saturated rings. The summed E-state index contributed by atoms with van der Waals surface area (Å²) >= 11 is 0. The lowest BCUT2D eigenvalue weighted by Gasteiger charge is -1.83. The molecule has 5 nitrogen and oxygen atoms in total. The van der Waals surface area contributed by atoms with Gasteiger partial charge in [0.25, 0.3) is 11.0 Å². The van der Waals surface area contributed by atoms with Crippen LogP contribution in [0.4, 0.5) is 5.69 Å². The molecular formula is C5H8N2O3S. The molecule has 0 aliphatic carbocycles. The van der Waals surface area contributed by atoms with Crippen LogP contribution in [0.15, 0.2) is 24.5 Å². The number of rotatable bonds is 0. The van der Waals surface area contributed by atoms with E-state index in [1.807, 2.05) is 0 Å². The summed E-state index contributed by atoms with van der Waals surface area (Å²) in [5, 5.41) is 0. The fourth-order valence-electron chi connectivity index (χ4n) is 0.363. The number of nitrogens with zero attached hydrogens (tertiary/aromatic N) is 1. The fourth-order valence-corrected chi connectivity index (χ4v) is 0.363. The maximum atomic E-state index is 8.59. The standard InChI is InChI=1S/C5H6N2.H2O3S/c6-5-1-3-7-4-2-5;1-4(2)3/h1-4H,(H2,6,7);4H,(H,1,2,3). The third-order valence-electron chi connectivity index (χ3n) is 0.706. The highest BCUT2D eigenvalue weighted by atomic mass is 32.2. The zero-order valence-corrected chi connectivity index (χ0v) is 6.44. The summed E-state index contributed by atoms with van der Waals surface area (Å²) in [6.07, 6.45) is 3.32. The normalized spacial score (nSPS) is 8.55. The van der Waals surface area contributed by atoms with E-state index in [0.29, 0.717) is 0 Å². The molecule has 11 heavy (non-hydrogen) atoms. The van der Waals surface area contributed by atoms with Gasteiger partial charge < -0.3 is 5.73 Å². The van der Waals surface area contributed by atoms with Crippen molar-refractivity contribution in [3.63, 3.8) is 0 Å². The first kappa shape index (κ1) is 9.86. The van der Waals surface area contributed by atoms with Gasteiger partial charge in [-0.05, 0) is 12.1 Å². The minimum Gasteiger partial charge on any atom is -0.399 e. The van der Waals surface area contributed by atoms with Gasteiger partial charge in [0.1, 0.15) is 0 Å². The zero-order valence-electron chi connectivity index (χ0n) is 5.54. The molecule has 0 aliphatic heterocycles. The Bertz CT molecular complexity index is 252. The molecule has 0 radical (unpaired) electrons. The van der Waals surface area contributed by atoms with Crippen LogP contribution in [0, 0.1) is 0 Å². The lowest BCUT2D eigenvalue weighted by molar-refractivity contribution is 0.509. The Labute approximate surface area is 65.7 Å². The second kappa shape index (κ2) is 5.63. The molecule has 0 atom stereocenters. The topological polar surface area (TPSA) is 93.3 Å². The first-order valence-corrected chi connectivity index (χ1v) is 3.74. The molecule has 6 heteroatoms. The smallest absolute Gasteiger partial charge is 0.254 e. The van der Waals surface area contributed by atoms with Gasteiger partial charge >= 0.3 is 0 Å². The van der Waals surface area contributed by atoms with Crippen molar-refractivity contribution in [1.29, 1.82) is 0 Å². The lowest BCUT2D eigenvalue weighted by atomic mass is 10.4. The third kappa shape index (κ3) is 8.86. The molecule has 1 aromatic rings. The Hall–Kier alpha value is -1.14. The molecule has 0 spiro atoms. The summed E-state index contributed by atoms with van der Waals surface area (Å²) in [4.78, 5) is 3.77. The number of nitrogens with two attached hydrogens (primary N) is 1. The van der Waals surface area contributed by atoms with Crippen molar-refractivity contribution < 1.29 is 13.0 Å². The summed E-state index contributed by atoms with van der Waals surface area (Å²) in [7, 11) is -3.12. The minimum absolute atomic E-state index is 0.759. The number of thiol groups is 1. The fraction of sp³-hybridized carbons (Fsp3) is 0. The summed E-state index contributed by atoms with van der Waals surface area (Å²) < 4.78 is 24.2. The van der Waals surface area contributed by atoms with Crippen molar-refractivity contribution in [3.05, 3.63) is 24.5 Å². The van der Waals surface area contributed by atoms with Crippen molar-refractivity contribution >= 4 is 16.7 Å². The van der Waals surface area contributed by atoms with Crippen LogP contribution >= 0.6 is 0 Å². The number of anilines is 1. The van der Waals surface area contributed by atoms with E-state index < -0.39 is 11.0 Å². The summed E-state index contributed by atoms with van der Waals surface area (Å²) in [5.41, 5.74) is 6.08. The molecular weight excluding hydrogens is 168 g/mol. The van der Waals surface area contributed by atoms with Gasteiger partial charge in [-0.15, -0.1) is 0 Å².